The molecule has 0 saturated carbocycles. The van der Waals surface area contributed by atoms with E-state index in [1.54, 1.807) is 18.2 Å². The van der Waals surface area contributed by atoms with Gasteiger partial charge in [-0.15, -0.1) is 11.3 Å². The number of halogens is 3. The molecule has 3 rings (SSSR count). The Kier molecular flexibility index (Phi) is 6.84. The Labute approximate surface area is 180 Å². The zero-order valence-electron chi connectivity index (χ0n) is 15.3. The van der Waals surface area contributed by atoms with Gasteiger partial charge in [0, 0.05) is 16.3 Å². The molecule has 3 aromatic rings. The van der Waals surface area contributed by atoms with Crippen molar-refractivity contribution >= 4 is 51.5 Å². The number of hydrogen-bond acceptors (Lipinski definition) is 4. The van der Waals surface area contributed by atoms with Crippen molar-refractivity contribution in [2.75, 3.05) is 11.9 Å². The topological polar surface area (TPSA) is 71.1 Å². The molecule has 1 heterocycles. The SMILES string of the molecule is Cc1nc(NC(=O)CNC(=O)c2ccc(Cl)cc2Cl)sc1Cc1ccc(F)cc1. The lowest BCUT2D eigenvalue weighted by atomic mass is 10.1. The molecule has 0 aliphatic rings. The summed E-state index contributed by atoms with van der Waals surface area (Å²) in [6.45, 7) is 1.61. The number of amides is 2. The first-order chi connectivity index (χ1) is 13.8. The molecular formula is C20H16Cl2FN3O2S. The number of carbonyl (C=O) groups excluding carboxylic acids is 2. The Morgan fingerprint density at radius 1 is 1.14 bits per heavy atom. The average molecular weight is 452 g/mol. The van der Waals surface area contributed by atoms with Crippen LogP contribution < -0.4 is 10.6 Å². The number of anilines is 1. The van der Waals surface area contributed by atoms with Gasteiger partial charge in [0.05, 0.1) is 22.8 Å². The van der Waals surface area contributed by atoms with Crippen LogP contribution in [-0.4, -0.2) is 23.3 Å². The van der Waals surface area contributed by atoms with E-state index in [1.807, 2.05) is 6.92 Å². The molecule has 0 radical (unpaired) electrons. The number of thiazole rings is 1. The molecule has 0 aliphatic carbocycles. The lowest BCUT2D eigenvalue weighted by Gasteiger charge is -2.07. The highest BCUT2D eigenvalue weighted by molar-refractivity contribution is 7.15. The van der Waals surface area contributed by atoms with Crippen LogP contribution >= 0.6 is 34.5 Å². The van der Waals surface area contributed by atoms with E-state index in [-0.39, 0.29) is 22.9 Å². The summed E-state index contributed by atoms with van der Waals surface area (Å²) in [6, 6.07) is 10.7. The Balaban J connectivity index is 1.56. The van der Waals surface area contributed by atoms with Crippen LogP contribution in [0.25, 0.3) is 0 Å². The van der Waals surface area contributed by atoms with Crippen molar-refractivity contribution in [2.45, 2.75) is 13.3 Å². The van der Waals surface area contributed by atoms with Crippen molar-refractivity contribution in [3.8, 4) is 0 Å². The minimum absolute atomic E-state index is 0.205. The first-order valence-corrected chi connectivity index (χ1v) is 10.1. The van der Waals surface area contributed by atoms with Crippen LogP contribution in [0.15, 0.2) is 42.5 Å². The third-order valence-corrected chi connectivity index (χ3v) is 5.62. The lowest BCUT2D eigenvalue weighted by Crippen LogP contribution is -2.33. The highest BCUT2D eigenvalue weighted by Crippen LogP contribution is 2.25. The minimum Gasteiger partial charge on any atom is -0.343 e. The van der Waals surface area contributed by atoms with Gasteiger partial charge in [-0.05, 0) is 42.8 Å². The molecule has 9 heteroatoms. The maximum Gasteiger partial charge on any atom is 0.253 e. The number of nitrogens with zero attached hydrogens (tertiary/aromatic N) is 1. The van der Waals surface area contributed by atoms with E-state index in [0.29, 0.717) is 16.6 Å². The molecule has 29 heavy (non-hydrogen) atoms. The third-order valence-electron chi connectivity index (χ3n) is 4.00. The quantitative estimate of drug-likeness (QED) is 0.562. The molecular weight excluding hydrogens is 436 g/mol. The van der Waals surface area contributed by atoms with Gasteiger partial charge in [-0.1, -0.05) is 35.3 Å². The van der Waals surface area contributed by atoms with Crippen LogP contribution in [0.3, 0.4) is 0 Å². The summed E-state index contributed by atoms with van der Waals surface area (Å²) >= 11 is 13.1. The predicted molar refractivity (Wildman–Crippen MR) is 113 cm³/mol. The fraction of sp³-hybridized carbons (Fsp3) is 0.150. The fourth-order valence-electron chi connectivity index (χ4n) is 2.53. The van der Waals surface area contributed by atoms with E-state index in [0.717, 1.165) is 16.1 Å². The molecule has 0 aliphatic heterocycles. The van der Waals surface area contributed by atoms with Gasteiger partial charge in [-0.2, -0.15) is 0 Å². The molecule has 5 nitrogen and oxygen atoms in total. The van der Waals surface area contributed by atoms with Crippen LogP contribution in [0.1, 0.15) is 26.5 Å². The molecule has 1 aromatic heterocycles. The maximum atomic E-state index is 13.0. The largest absolute Gasteiger partial charge is 0.343 e. The Hall–Kier alpha value is -2.48. The van der Waals surface area contributed by atoms with Crippen molar-refractivity contribution in [1.29, 1.82) is 0 Å². The highest BCUT2D eigenvalue weighted by Gasteiger charge is 2.14. The van der Waals surface area contributed by atoms with Crippen molar-refractivity contribution in [1.82, 2.24) is 10.3 Å². The van der Waals surface area contributed by atoms with Crippen molar-refractivity contribution in [3.05, 3.63) is 80.0 Å². The first-order valence-electron chi connectivity index (χ1n) is 8.55. The molecule has 0 atom stereocenters. The van der Waals surface area contributed by atoms with Gasteiger partial charge in [0.15, 0.2) is 5.13 Å². The third kappa shape index (κ3) is 5.76. The molecule has 0 saturated heterocycles. The molecule has 150 valence electrons. The second-order valence-electron chi connectivity index (χ2n) is 6.19. The van der Waals surface area contributed by atoms with Crippen molar-refractivity contribution in [3.63, 3.8) is 0 Å². The zero-order chi connectivity index (χ0) is 21.0. The van der Waals surface area contributed by atoms with Gasteiger partial charge in [0.25, 0.3) is 5.91 Å². The first kappa shape index (κ1) is 21.2. The number of aromatic nitrogens is 1. The van der Waals surface area contributed by atoms with Gasteiger partial charge in [0.2, 0.25) is 5.91 Å². The molecule has 2 N–H and O–H groups in total. The summed E-state index contributed by atoms with van der Waals surface area (Å²) in [6.07, 6.45) is 0.589. The minimum atomic E-state index is -0.478. The number of hydrogen-bond donors (Lipinski definition) is 2. The smallest absolute Gasteiger partial charge is 0.253 e. The summed E-state index contributed by atoms with van der Waals surface area (Å²) < 4.78 is 13.0. The molecule has 0 fully saturated rings. The van der Waals surface area contributed by atoms with Crippen molar-refractivity contribution in [2.24, 2.45) is 0 Å². The summed E-state index contributed by atoms with van der Waals surface area (Å²) in [4.78, 5) is 29.6. The summed E-state index contributed by atoms with van der Waals surface area (Å²) in [5, 5.41) is 6.23. The number of aryl methyl sites for hydroxylation is 1. The van der Waals surface area contributed by atoms with Crippen LogP contribution in [0.4, 0.5) is 9.52 Å². The molecule has 0 spiro atoms. The van der Waals surface area contributed by atoms with Crippen LogP contribution in [0, 0.1) is 12.7 Å². The monoisotopic (exact) mass is 451 g/mol. The van der Waals surface area contributed by atoms with Crippen LogP contribution in [-0.2, 0) is 11.2 Å². The van der Waals surface area contributed by atoms with E-state index in [9.17, 15) is 14.0 Å². The lowest BCUT2D eigenvalue weighted by molar-refractivity contribution is -0.115. The second-order valence-corrected chi connectivity index (χ2v) is 8.11. The van der Waals surface area contributed by atoms with E-state index in [1.165, 1.54) is 35.6 Å². The highest BCUT2D eigenvalue weighted by atomic mass is 35.5. The fourth-order valence-corrected chi connectivity index (χ4v) is 4.03. The van der Waals surface area contributed by atoms with Gasteiger partial charge in [0.1, 0.15) is 5.82 Å². The second kappa shape index (κ2) is 9.35. The van der Waals surface area contributed by atoms with E-state index >= 15 is 0 Å². The Morgan fingerprint density at radius 3 is 2.55 bits per heavy atom. The molecule has 0 bridgehead atoms. The molecule has 2 aromatic carbocycles. The summed E-state index contributed by atoms with van der Waals surface area (Å²) in [5.41, 5.74) is 1.96. The predicted octanol–water partition coefficient (Wildman–Crippen LogP) is 4.86. The van der Waals surface area contributed by atoms with Gasteiger partial charge in [-0.25, -0.2) is 9.37 Å². The molecule has 2 amide bonds. The van der Waals surface area contributed by atoms with E-state index in [2.05, 4.69) is 15.6 Å². The van der Waals surface area contributed by atoms with Crippen LogP contribution in [0.2, 0.25) is 10.0 Å². The average Bonchev–Trinajstić information content (AvgIpc) is 3.00. The number of rotatable bonds is 6. The number of carbonyl (C=O) groups is 2. The number of nitrogens with one attached hydrogen (secondary N) is 2. The standard InChI is InChI=1S/C20H16Cl2FN3O2S/c1-11-17(8-12-2-5-14(23)6-3-12)29-20(25-11)26-18(27)10-24-19(28)15-7-4-13(21)9-16(15)22/h2-7,9H,8,10H2,1H3,(H,24,28)(H,25,26,27). The zero-order valence-corrected chi connectivity index (χ0v) is 17.6. The Bertz CT molecular complexity index is 1050. The van der Waals surface area contributed by atoms with Crippen LogP contribution in [0.5, 0.6) is 0 Å². The summed E-state index contributed by atoms with van der Waals surface area (Å²) in [5.74, 6) is -1.18. The van der Waals surface area contributed by atoms with Gasteiger partial charge in [-0.3, -0.25) is 9.59 Å². The van der Waals surface area contributed by atoms with Crippen molar-refractivity contribution < 1.29 is 14.0 Å². The number of benzene rings is 2. The van der Waals surface area contributed by atoms with Gasteiger partial charge >= 0.3 is 0 Å². The Morgan fingerprint density at radius 2 is 1.86 bits per heavy atom. The summed E-state index contributed by atoms with van der Waals surface area (Å²) in [7, 11) is 0. The maximum absolute atomic E-state index is 13.0. The van der Waals surface area contributed by atoms with E-state index in [4.69, 9.17) is 23.2 Å². The normalized spacial score (nSPS) is 10.6. The molecule has 0 unspecified atom stereocenters. The van der Waals surface area contributed by atoms with E-state index < -0.39 is 11.8 Å². The van der Waals surface area contributed by atoms with Gasteiger partial charge < -0.3 is 10.6 Å².